The van der Waals surface area contributed by atoms with Gasteiger partial charge in [0.25, 0.3) is 0 Å². The maximum absolute atomic E-state index is 13.6. The Labute approximate surface area is 90.3 Å². The number of benzene rings is 1. The highest BCUT2D eigenvalue weighted by molar-refractivity contribution is 5.77. The van der Waals surface area contributed by atoms with E-state index in [0.29, 0.717) is 12.0 Å². The smallest absolute Gasteiger partial charge is 0.130 e. The van der Waals surface area contributed by atoms with Gasteiger partial charge in [-0.15, -0.1) is 0 Å². The number of ketones is 1. The zero-order valence-electron chi connectivity index (χ0n) is 9.73. The van der Waals surface area contributed by atoms with Crippen LogP contribution in [0.4, 0.5) is 4.39 Å². The van der Waals surface area contributed by atoms with Crippen LogP contribution in [-0.2, 0) is 10.2 Å². The Kier molecular flexibility index (Phi) is 3.28. The van der Waals surface area contributed by atoms with E-state index in [1.807, 2.05) is 26.8 Å². The van der Waals surface area contributed by atoms with Crippen molar-refractivity contribution in [3.05, 3.63) is 35.1 Å². The van der Waals surface area contributed by atoms with E-state index < -0.39 is 5.41 Å². The minimum absolute atomic E-state index is 0.0842. The van der Waals surface area contributed by atoms with Gasteiger partial charge in [0.05, 0.1) is 0 Å². The Morgan fingerprint density at radius 1 is 1.40 bits per heavy atom. The monoisotopic (exact) mass is 208 g/mol. The van der Waals surface area contributed by atoms with Gasteiger partial charge in [-0.3, -0.25) is 4.79 Å². The fourth-order valence-corrected chi connectivity index (χ4v) is 1.88. The summed E-state index contributed by atoms with van der Waals surface area (Å²) in [5.74, 6) is -0.146. The predicted molar refractivity (Wildman–Crippen MR) is 59.5 cm³/mol. The van der Waals surface area contributed by atoms with Crippen LogP contribution in [0.15, 0.2) is 18.2 Å². The topological polar surface area (TPSA) is 17.1 Å². The Balaban J connectivity index is 3.13. The predicted octanol–water partition coefficient (Wildman–Crippen LogP) is 3.39. The third-order valence-electron chi connectivity index (χ3n) is 2.54. The Morgan fingerprint density at radius 2 is 2.00 bits per heavy atom. The summed E-state index contributed by atoms with van der Waals surface area (Å²) < 4.78 is 13.6. The van der Waals surface area contributed by atoms with Gasteiger partial charge in [-0.2, -0.15) is 0 Å². The van der Waals surface area contributed by atoms with Crippen LogP contribution in [0.5, 0.6) is 0 Å². The van der Waals surface area contributed by atoms with Crippen molar-refractivity contribution < 1.29 is 9.18 Å². The molecule has 0 bridgehead atoms. The normalized spacial score (nSPS) is 11.5. The zero-order valence-corrected chi connectivity index (χ0v) is 9.73. The molecule has 0 saturated heterocycles. The van der Waals surface area contributed by atoms with E-state index in [1.54, 1.807) is 6.07 Å². The molecule has 15 heavy (non-hydrogen) atoms. The molecule has 82 valence electrons. The van der Waals surface area contributed by atoms with Crippen LogP contribution in [0.1, 0.15) is 38.3 Å². The fraction of sp³-hybridized carbons (Fsp3) is 0.462. The molecule has 1 nitrogen and oxygen atoms in total. The first-order chi connectivity index (χ1) is 6.83. The number of aryl methyl sites for hydroxylation is 1. The molecule has 0 unspecified atom stereocenters. The Hall–Kier alpha value is -1.18. The lowest BCUT2D eigenvalue weighted by molar-refractivity contribution is -0.118. The number of carbonyl (C=O) groups is 1. The van der Waals surface area contributed by atoms with Gasteiger partial charge in [0.15, 0.2) is 0 Å². The molecule has 0 spiro atoms. The van der Waals surface area contributed by atoms with E-state index in [9.17, 15) is 9.18 Å². The number of hydrogen-bond acceptors (Lipinski definition) is 1. The molecule has 0 aliphatic rings. The molecule has 0 saturated carbocycles. The maximum atomic E-state index is 13.6. The van der Waals surface area contributed by atoms with Crippen molar-refractivity contribution in [2.75, 3.05) is 0 Å². The molecule has 0 radical (unpaired) electrons. The molecule has 2 heteroatoms. The van der Waals surface area contributed by atoms with Gasteiger partial charge in [0.2, 0.25) is 0 Å². The van der Waals surface area contributed by atoms with Gasteiger partial charge in [-0.1, -0.05) is 31.5 Å². The van der Waals surface area contributed by atoms with Crippen LogP contribution < -0.4 is 0 Å². The summed E-state index contributed by atoms with van der Waals surface area (Å²) in [7, 11) is 0. The molecule has 0 heterocycles. The summed E-state index contributed by atoms with van der Waals surface area (Å²) in [5.41, 5.74) is 1.21. The van der Waals surface area contributed by atoms with Crippen molar-refractivity contribution in [1.82, 2.24) is 0 Å². The molecule has 1 aromatic rings. The SMILES string of the molecule is CC(=O)CC(C)(C)c1cc(C)ccc1F. The number of carbonyl (C=O) groups excluding carboxylic acids is 1. The first-order valence-electron chi connectivity index (χ1n) is 5.09. The first-order valence-corrected chi connectivity index (χ1v) is 5.09. The molecule has 0 atom stereocenters. The highest BCUT2D eigenvalue weighted by Gasteiger charge is 2.25. The van der Waals surface area contributed by atoms with E-state index >= 15 is 0 Å². The lowest BCUT2D eigenvalue weighted by Gasteiger charge is -2.24. The molecule has 1 aromatic carbocycles. The van der Waals surface area contributed by atoms with Crippen molar-refractivity contribution in [1.29, 1.82) is 0 Å². The molecule has 1 rings (SSSR count). The Bertz CT molecular complexity index is 380. The van der Waals surface area contributed by atoms with E-state index in [-0.39, 0.29) is 11.6 Å². The third-order valence-corrected chi connectivity index (χ3v) is 2.54. The maximum Gasteiger partial charge on any atom is 0.130 e. The van der Waals surface area contributed by atoms with E-state index in [4.69, 9.17) is 0 Å². The molecule has 0 N–H and O–H groups in total. The summed E-state index contributed by atoms with van der Waals surface area (Å²) in [6, 6.07) is 5.02. The standard InChI is InChI=1S/C13H17FO/c1-9-5-6-12(14)11(7-9)13(3,4)8-10(2)15/h5-7H,8H2,1-4H3. The molecular formula is C13H17FO. The second-order valence-corrected chi connectivity index (χ2v) is 4.75. The van der Waals surface area contributed by atoms with E-state index in [1.165, 1.54) is 13.0 Å². The van der Waals surface area contributed by atoms with Crippen molar-refractivity contribution in [3.8, 4) is 0 Å². The van der Waals surface area contributed by atoms with Gasteiger partial charge < -0.3 is 0 Å². The Morgan fingerprint density at radius 3 is 2.53 bits per heavy atom. The summed E-state index contributed by atoms with van der Waals surface area (Å²) >= 11 is 0. The highest BCUT2D eigenvalue weighted by Crippen LogP contribution is 2.30. The quantitative estimate of drug-likeness (QED) is 0.744. The van der Waals surface area contributed by atoms with Gasteiger partial charge >= 0.3 is 0 Å². The van der Waals surface area contributed by atoms with E-state index in [2.05, 4.69) is 0 Å². The molecular weight excluding hydrogens is 191 g/mol. The summed E-state index contributed by atoms with van der Waals surface area (Å²) in [5, 5.41) is 0. The van der Waals surface area contributed by atoms with Crippen molar-refractivity contribution in [3.63, 3.8) is 0 Å². The highest BCUT2D eigenvalue weighted by atomic mass is 19.1. The first kappa shape index (κ1) is 11.9. The van der Waals surface area contributed by atoms with Gasteiger partial charge in [-0.05, 0) is 30.9 Å². The lowest BCUT2D eigenvalue weighted by atomic mass is 9.79. The van der Waals surface area contributed by atoms with Crippen LogP contribution in [-0.4, -0.2) is 5.78 Å². The van der Waals surface area contributed by atoms with Crippen LogP contribution in [0.3, 0.4) is 0 Å². The molecule has 0 fully saturated rings. The third kappa shape index (κ3) is 2.88. The minimum atomic E-state index is -0.429. The average molecular weight is 208 g/mol. The molecule has 0 aliphatic carbocycles. The lowest BCUT2D eigenvalue weighted by Crippen LogP contribution is -2.22. The second-order valence-electron chi connectivity index (χ2n) is 4.75. The number of hydrogen-bond donors (Lipinski definition) is 0. The number of halogens is 1. The van der Waals surface area contributed by atoms with Crippen LogP contribution >= 0.6 is 0 Å². The average Bonchev–Trinajstić information content (AvgIpc) is 2.06. The summed E-state index contributed by atoms with van der Waals surface area (Å²) in [6.07, 6.45) is 0.368. The van der Waals surface area contributed by atoms with Crippen molar-refractivity contribution >= 4 is 5.78 Å². The van der Waals surface area contributed by atoms with Crippen LogP contribution in [0, 0.1) is 12.7 Å². The molecule has 0 aromatic heterocycles. The second kappa shape index (κ2) is 4.13. The fourth-order valence-electron chi connectivity index (χ4n) is 1.88. The zero-order chi connectivity index (χ0) is 11.6. The summed E-state index contributed by atoms with van der Waals surface area (Å²) in [4.78, 5) is 11.1. The van der Waals surface area contributed by atoms with Crippen LogP contribution in [0.25, 0.3) is 0 Å². The minimum Gasteiger partial charge on any atom is -0.300 e. The molecule has 0 amide bonds. The molecule has 0 aliphatic heterocycles. The van der Waals surface area contributed by atoms with Crippen LogP contribution in [0.2, 0.25) is 0 Å². The van der Waals surface area contributed by atoms with Crippen molar-refractivity contribution in [2.24, 2.45) is 0 Å². The van der Waals surface area contributed by atoms with Crippen molar-refractivity contribution in [2.45, 2.75) is 39.5 Å². The largest absolute Gasteiger partial charge is 0.300 e. The number of Topliss-reactive ketones (excluding diaryl/α,β-unsaturated/α-hetero) is 1. The van der Waals surface area contributed by atoms with Gasteiger partial charge in [0.1, 0.15) is 11.6 Å². The van der Waals surface area contributed by atoms with Gasteiger partial charge in [-0.25, -0.2) is 4.39 Å². The number of rotatable bonds is 3. The summed E-state index contributed by atoms with van der Waals surface area (Å²) in [6.45, 7) is 7.25. The van der Waals surface area contributed by atoms with Gasteiger partial charge in [0, 0.05) is 6.42 Å². The van der Waals surface area contributed by atoms with E-state index in [0.717, 1.165) is 5.56 Å².